The van der Waals surface area contributed by atoms with E-state index in [2.05, 4.69) is 55.3 Å². The predicted molar refractivity (Wildman–Crippen MR) is 187 cm³/mol. The molecule has 0 aromatic heterocycles. The molecule has 1 aliphatic rings. The van der Waals surface area contributed by atoms with Crippen LogP contribution in [0.25, 0.3) is 10.8 Å². The van der Waals surface area contributed by atoms with E-state index in [0.717, 1.165) is 16.3 Å². The highest BCUT2D eigenvalue weighted by atomic mass is 79.9. The largest absolute Gasteiger partial charge is 0.493 e. The molecule has 0 spiro atoms. The van der Waals surface area contributed by atoms with Gasteiger partial charge in [0.2, 0.25) is 0 Å². The Morgan fingerprint density at radius 1 is 0.959 bits per heavy atom. The summed E-state index contributed by atoms with van der Waals surface area (Å²) in [6.45, 7) is 3.48. The number of benzene rings is 4. The van der Waals surface area contributed by atoms with Crippen LogP contribution in [-0.4, -0.2) is 51.6 Å². The van der Waals surface area contributed by atoms with Crippen LogP contribution in [0.4, 0.5) is 4.79 Å². The van der Waals surface area contributed by atoms with E-state index >= 15 is 0 Å². The van der Waals surface area contributed by atoms with Crippen LogP contribution in [-0.2, 0) is 20.9 Å². The van der Waals surface area contributed by atoms with E-state index in [1.807, 2.05) is 24.3 Å². The Bertz CT molecular complexity index is 1940. The van der Waals surface area contributed by atoms with Gasteiger partial charge in [-0.15, -0.1) is 0 Å². The third-order valence-electron chi connectivity index (χ3n) is 7.55. The van der Waals surface area contributed by atoms with Gasteiger partial charge < -0.3 is 34.3 Å². The van der Waals surface area contributed by atoms with Gasteiger partial charge in [-0.3, -0.25) is 4.79 Å². The highest BCUT2D eigenvalue weighted by Crippen LogP contribution is 2.38. The summed E-state index contributed by atoms with van der Waals surface area (Å²) in [4.78, 5) is 37.4. The number of nitrogens with one attached hydrogen (secondary N) is 3. The lowest BCUT2D eigenvalue weighted by Crippen LogP contribution is -2.45. The van der Waals surface area contributed by atoms with Gasteiger partial charge in [0.1, 0.15) is 6.61 Å². The van der Waals surface area contributed by atoms with Crippen molar-refractivity contribution in [3.63, 3.8) is 0 Å². The van der Waals surface area contributed by atoms with Gasteiger partial charge in [-0.2, -0.15) is 5.10 Å². The Labute approximate surface area is 291 Å². The molecular formula is C36H35BrN4O8. The summed E-state index contributed by atoms with van der Waals surface area (Å²) in [5.41, 5.74) is 5.34. The van der Waals surface area contributed by atoms with Crippen molar-refractivity contribution in [1.29, 1.82) is 0 Å². The van der Waals surface area contributed by atoms with E-state index in [9.17, 15) is 14.4 Å². The van der Waals surface area contributed by atoms with Crippen molar-refractivity contribution in [2.75, 3.05) is 27.4 Å². The van der Waals surface area contributed by atoms with Crippen molar-refractivity contribution in [1.82, 2.24) is 16.1 Å². The minimum Gasteiger partial charge on any atom is -0.493 e. The molecule has 4 aromatic rings. The molecule has 0 bridgehead atoms. The number of urea groups is 1. The Morgan fingerprint density at radius 2 is 1.73 bits per heavy atom. The molecule has 49 heavy (non-hydrogen) atoms. The second-order valence-corrected chi connectivity index (χ2v) is 11.6. The highest BCUT2D eigenvalue weighted by molar-refractivity contribution is 9.10. The maximum atomic E-state index is 12.7. The summed E-state index contributed by atoms with van der Waals surface area (Å²) < 4.78 is 28.8. The smallest absolute Gasteiger partial charge is 0.338 e. The first-order chi connectivity index (χ1) is 23.7. The van der Waals surface area contributed by atoms with Gasteiger partial charge >= 0.3 is 12.0 Å². The zero-order valence-corrected chi connectivity index (χ0v) is 28.9. The van der Waals surface area contributed by atoms with Crippen LogP contribution in [0.15, 0.2) is 93.6 Å². The summed E-state index contributed by atoms with van der Waals surface area (Å²) >= 11 is 3.57. The van der Waals surface area contributed by atoms with Gasteiger partial charge in [0.25, 0.3) is 5.91 Å². The number of ether oxygens (including phenoxy) is 5. The standard InChI is InChI=1S/C36H35BrN4O8/c1-5-47-35(43)32-21(2)39-36(44)40-33(32)24-13-14-28(29(17-24)45-3)48-20-31(42)41-38-18-22-15-27(37)34(30(16-22)46-4)49-19-25-11-8-10-23-9-6-7-12-26(23)25/h6-18,33H,5,19-20H2,1-4H3,(H,41,42)(H2,39,40,44)/b38-18-/t33-/m1/s1. The number of hydrazone groups is 1. The van der Waals surface area contributed by atoms with Crippen LogP contribution >= 0.6 is 15.9 Å². The highest BCUT2D eigenvalue weighted by Gasteiger charge is 2.32. The lowest BCUT2D eigenvalue weighted by molar-refractivity contribution is -0.139. The fraction of sp³-hybridized carbons (Fsp3) is 0.222. The molecule has 0 unspecified atom stereocenters. The lowest BCUT2D eigenvalue weighted by atomic mass is 9.95. The number of esters is 1. The first-order valence-corrected chi connectivity index (χ1v) is 16.1. The second-order valence-electron chi connectivity index (χ2n) is 10.7. The molecule has 13 heteroatoms. The van der Waals surface area contributed by atoms with E-state index in [1.54, 1.807) is 51.3 Å². The average Bonchev–Trinajstić information content (AvgIpc) is 3.09. The minimum atomic E-state index is -0.781. The van der Waals surface area contributed by atoms with Crippen molar-refractivity contribution in [2.45, 2.75) is 26.5 Å². The van der Waals surface area contributed by atoms with Crippen molar-refractivity contribution >= 4 is 50.8 Å². The number of halogens is 1. The average molecular weight is 732 g/mol. The normalized spacial score (nSPS) is 14.2. The van der Waals surface area contributed by atoms with Crippen molar-refractivity contribution in [3.8, 4) is 23.0 Å². The summed E-state index contributed by atoms with van der Waals surface area (Å²) in [5.74, 6) is 0.526. The summed E-state index contributed by atoms with van der Waals surface area (Å²) in [7, 11) is 2.99. The number of allylic oxidation sites excluding steroid dienone is 1. The van der Waals surface area contributed by atoms with E-state index in [0.29, 0.717) is 45.2 Å². The summed E-state index contributed by atoms with van der Waals surface area (Å²) in [6, 6.07) is 21.4. The van der Waals surface area contributed by atoms with Crippen LogP contribution in [0.2, 0.25) is 0 Å². The van der Waals surface area contributed by atoms with E-state index in [1.165, 1.54) is 13.3 Å². The maximum absolute atomic E-state index is 12.7. The molecule has 4 aromatic carbocycles. The van der Waals surface area contributed by atoms with E-state index in [-0.39, 0.29) is 24.5 Å². The molecule has 1 heterocycles. The maximum Gasteiger partial charge on any atom is 0.338 e. The molecule has 12 nitrogen and oxygen atoms in total. The molecule has 5 rings (SSSR count). The molecule has 0 saturated heterocycles. The monoisotopic (exact) mass is 730 g/mol. The third kappa shape index (κ3) is 8.30. The molecule has 0 radical (unpaired) electrons. The molecule has 3 N–H and O–H groups in total. The van der Waals surface area contributed by atoms with Gasteiger partial charge in [-0.05, 0) is 81.5 Å². The van der Waals surface area contributed by atoms with Gasteiger partial charge in [0.15, 0.2) is 29.6 Å². The first kappa shape index (κ1) is 34.8. The fourth-order valence-corrected chi connectivity index (χ4v) is 5.86. The number of hydrogen-bond acceptors (Lipinski definition) is 9. The van der Waals surface area contributed by atoms with Crippen LogP contribution in [0.3, 0.4) is 0 Å². The van der Waals surface area contributed by atoms with Gasteiger partial charge in [-0.25, -0.2) is 15.0 Å². The number of amides is 3. The van der Waals surface area contributed by atoms with Crippen molar-refractivity contribution in [2.24, 2.45) is 5.10 Å². The van der Waals surface area contributed by atoms with Crippen LogP contribution in [0, 0.1) is 0 Å². The Morgan fingerprint density at radius 3 is 2.51 bits per heavy atom. The zero-order chi connectivity index (χ0) is 34.9. The fourth-order valence-electron chi connectivity index (χ4n) is 5.28. The first-order valence-electron chi connectivity index (χ1n) is 15.3. The number of rotatable bonds is 13. The number of hydrogen-bond donors (Lipinski definition) is 3. The van der Waals surface area contributed by atoms with Crippen LogP contribution < -0.4 is 35.0 Å². The predicted octanol–water partition coefficient (Wildman–Crippen LogP) is 5.92. The molecule has 254 valence electrons. The summed E-state index contributed by atoms with van der Waals surface area (Å²) in [6.07, 6.45) is 1.47. The molecule has 1 atom stereocenters. The molecule has 0 saturated carbocycles. The summed E-state index contributed by atoms with van der Waals surface area (Å²) in [5, 5.41) is 11.6. The molecule has 0 aliphatic carbocycles. The molecular weight excluding hydrogens is 696 g/mol. The van der Waals surface area contributed by atoms with Gasteiger partial charge in [0.05, 0.1) is 43.1 Å². The Hall–Kier alpha value is -5.56. The van der Waals surface area contributed by atoms with Crippen molar-refractivity contribution in [3.05, 3.63) is 105 Å². The third-order valence-corrected chi connectivity index (χ3v) is 8.14. The quantitative estimate of drug-likeness (QED) is 0.0874. The lowest BCUT2D eigenvalue weighted by Gasteiger charge is -2.28. The number of nitrogens with zero attached hydrogens (tertiary/aromatic N) is 1. The molecule has 1 aliphatic heterocycles. The van der Waals surface area contributed by atoms with Gasteiger partial charge in [-0.1, -0.05) is 48.5 Å². The number of methoxy groups -OCH3 is 2. The molecule has 3 amide bonds. The topological polar surface area (TPSA) is 146 Å². The minimum absolute atomic E-state index is 0.179. The second kappa shape index (κ2) is 16.0. The van der Waals surface area contributed by atoms with Crippen LogP contribution in [0.1, 0.15) is 36.6 Å². The van der Waals surface area contributed by atoms with E-state index in [4.69, 9.17) is 23.7 Å². The number of carbonyl (C=O) groups excluding carboxylic acids is 3. The zero-order valence-electron chi connectivity index (χ0n) is 27.3. The van der Waals surface area contributed by atoms with Crippen LogP contribution in [0.5, 0.6) is 23.0 Å². The molecule has 0 fully saturated rings. The Balaban J connectivity index is 1.20. The number of carbonyl (C=O) groups is 3. The number of fused-ring (bicyclic) bond motifs is 1. The van der Waals surface area contributed by atoms with Crippen molar-refractivity contribution < 1.29 is 38.1 Å². The van der Waals surface area contributed by atoms with Gasteiger partial charge in [0, 0.05) is 5.70 Å². The van der Waals surface area contributed by atoms with E-state index < -0.39 is 23.9 Å². The Kier molecular flexibility index (Phi) is 11.4. The SMILES string of the molecule is CCOC(=O)C1=C(C)NC(=O)N[C@@H]1c1ccc(OCC(=O)N/N=C\c2cc(Br)c(OCc3cccc4ccccc34)c(OC)c2)c(OC)c1.